The van der Waals surface area contributed by atoms with E-state index in [0.717, 1.165) is 11.2 Å². The molecule has 3 aromatic rings. The van der Waals surface area contributed by atoms with Gasteiger partial charge in [0.25, 0.3) is 0 Å². The maximum absolute atomic E-state index is 12.8. The molecule has 0 radical (unpaired) electrons. The Kier molecular flexibility index (Phi) is 3.09. The van der Waals surface area contributed by atoms with E-state index in [9.17, 15) is 4.39 Å². The standard InChI is InChI=1S/C14H10ClFN2O/c15-14-17-12(13-3-1-2-8-18(13)14)9-19-11-6-4-10(16)5-7-11/h1-8H,9H2. The number of benzene rings is 1. The molecule has 0 aliphatic heterocycles. The van der Waals surface area contributed by atoms with Crippen molar-refractivity contribution >= 4 is 17.1 Å². The number of hydrogen-bond donors (Lipinski definition) is 0. The average Bonchev–Trinajstić information content (AvgIpc) is 2.76. The first-order chi connectivity index (χ1) is 9.24. The van der Waals surface area contributed by atoms with E-state index in [1.165, 1.54) is 12.1 Å². The minimum atomic E-state index is -0.289. The zero-order chi connectivity index (χ0) is 13.2. The number of imidazole rings is 1. The van der Waals surface area contributed by atoms with Gasteiger partial charge in [0.1, 0.15) is 23.9 Å². The molecule has 5 heteroatoms. The highest BCUT2D eigenvalue weighted by atomic mass is 35.5. The minimum Gasteiger partial charge on any atom is -0.487 e. The van der Waals surface area contributed by atoms with Gasteiger partial charge in [-0.05, 0) is 48.0 Å². The molecule has 19 heavy (non-hydrogen) atoms. The SMILES string of the molecule is Fc1ccc(OCc2nc(Cl)n3ccccc23)cc1. The van der Waals surface area contributed by atoms with Crippen LogP contribution in [0.2, 0.25) is 5.28 Å². The van der Waals surface area contributed by atoms with Crippen molar-refractivity contribution in [3.63, 3.8) is 0 Å². The van der Waals surface area contributed by atoms with Crippen molar-refractivity contribution in [2.45, 2.75) is 6.61 Å². The van der Waals surface area contributed by atoms with Crippen LogP contribution in [0, 0.1) is 5.82 Å². The van der Waals surface area contributed by atoms with E-state index in [-0.39, 0.29) is 12.4 Å². The van der Waals surface area contributed by atoms with Gasteiger partial charge in [0.05, 0.1) is 5.52 Å². The van der Waals surface area contributed by atoms with Crippen LogP contribution in [0.1, 0.15) is 5.69 Å². The van der Waals surface area contributed by atoms with Gasteiger partial charge in [-0.25, -0.2) is 9.37 Å². The highest BCUT2D eigenvalue weighted by Crippen LogP contribution is 2.19. The van der Waals surface area contributed by atoms with Crippen LogP contribution in [0.25, 0.3) is 5.52 Å². The lowest BCUT2D eigenvalue weighted by Gasteiger charge is -2.04. The summed E-state index contributed by atoms with van der Waals surface area (Å²) >= 11 is 6.03. The highest BCUT2D eigenvalue weighted by molar-refractivity contribution is 6.28. The fourth-order valence-electron chi connectivity index (χ4n) is 1.85. The molecular weight excluding hydrogens is 267 g/mol. The summed E-state index contributed by atoms with van der Waals surface area (Å²) in [6.45, 7) is 0.284. The predicted molar refractivity (Wildman–Crippen MR) is 70.9 cm³/mol. The number of ether oxygens (including phenoxy) is 1. The Balaban J connectivity index is 1.84. The van der Waals surface area contributed by atoms with E-state index >= 15 is 0 Å². The van der Waals surface area contributed by atoms with Crippen molar-refractivity contribution in [2.75, 3.05) is 0 Å². The number of pyridine rings is 1. The van der Waals surface area contributed by atoms with Gasteiger partial charge in [0, 0.05) is 6.20 Å². The van der Waals surface area contributed by atoms with Gasteiger partial charge in [-0.1, -0.05) is 6.07 Å². The van der Waals surface area contributed by atoms with Crippen LogP contribution in [0.3, 0.4) is 0 Å². The van der Waals surface area contributed by atoms with Gasteiger partial charge in [-0.15, -0.1) is 0 Å². The lowest BCUT2D eigenvalue weighted by atomic mass is 10.3. The van der Waals surface area contributed by atoms with Gasteiger partial charge in [-0.2, -0.15) is 0 Å². The van der Waals surface area contributed by atoms with Crippen LogP contribution in [-0.2, 0) is 6.61 Å². The van der Waals surface area contributed by atoms with Crippen molar-refractivity contribution < 1.29 is 9.13 Å². The van der Waals surface area contributed by atoms with Gasteiger partial charge >= 0.3 is 0 Å². The molecule has 0 unspecified atom stereocenters. The van der Waals surface area contributed by atoms with Crippen LogP contribution >= 0.6 is 11.6 Å². The molecule has 2 heterocycles. The molecule has 0 saturated heterocycles. The van der Waals surface area contributed by atoms with Gasteiger partial charge in [0.2, 0.25) is 5.28 Å². The summed E-state index contributed by atoms with van der Waals surface area (Å²) in [7, 11) is 0. The normalized spacial score (nSPS) is 10.8. The van der Waals surface area contributed by atoms with Crippen LogP contribution in [-0.4, -0.2) is 9.38 Å². The second kappa shape index (κ2) is 4.90. The van der Waals surface area contributed by atoms with Crippen LogP contribution < -0.4 is 4.74 Å². The molecule has 0 amide bonds. The number of nitrogens with zero attached hydrogens (tertiary/aromatic N) is 2. The van der Waals surface area contributed by atoms with E-state index in [4.69, 9.17) is 16.3 Å². The molecule has 96 valence electrons. The Labute approximate surface area is 114 Å². The molecule has 0 saturated carbocycles. The zero-order valence-corrected chi connectivity index (χ0v) is 10.6. The van der Waals surface area contributed by atoms with E-state index in [1.807, 2.05) is 24.4 Å². The van der Waals surface area contributed by atoms with Crippen LogP contribution in [0.4, 0.5) is 4.39 Å². The molecule has 0 aliphatic rings. The Hall–Kier alpha value is -2.07. The molecule has 0 bridgehead atoms. The van der Waals surface area contributed by atoms with Crippen molar-refractivity contribution in [1.29, 1.82) is 0 Å². The van der Waals surface area contributed by atoms with E-state index in [0.29, 0.717) is 11.0 Å². The minimum absolute atomic E-state index is 0.284. The van der Waals surface area contributed by atoms with Gasteiger partial charge in [-0.3, -0.25) is 4.40 Å². The molecular formula is C14H10ClFN2O. The second-order valence-electron chi connectivity index (χ2n) is 4.03. The molecule has 3 rings (SSSR count). The lowest BCUT2D eigenvalue weighted by Crippen LogP contribution is -1.96. The Morgan fingerprint density at radius 3 is 2.74 bits per heavy atom. The smallest absolute Gasteiger partial charge is 0.207 e. The molecule has 0 aliphatic carbocycles. The lowest BCUT2D eigenvalue weighted by molar-refractivity contribution is 0.303. The summed E-state index contributed by atoms with van der Waals surface area (Å²) in [6.07, 6.45) is 1.84. The van der Waals surface area contributed by atoms with Crippen LogP contribution in [0.15, 0.2) is 48.7 Å². The van der Waals surface area contributed by atoms with E-state index in [2.05, 4.69) is 4.98 Å². The number of aromatic nitrogens is 2. The molecule has 3 nitrogen and oxygen atoms in total. The number of hydrogen-bond acceptors (Lipinski definition) is 2. The Morgan fingerprint density at radius 2 is 1.95 bits per heavy atom. The number of fused-ring (bicyclic) bond motifs is 1. The Bertz CT molecular complexity index is 709. The molecule has 1 aromatic carbocycles. The highest BCUT2D eigenvalue weighted by Gasteiger charge is 2.09. The summed E-state index contributed by atoms with van der Waals surface area (Å²) in [6, 6.07) is 11.6. The topological polar surface area (TPSA) is 26.5 Å². The van der Waals surface area contributed by atoms with Crippen molar-refractivity contribution in [3.8, 4) is 5.75 Å². The summed E-state index contributed by atoms with van der Waals surface area (Å²) in [5.41, 5.74) is 1.64. The third kappa shape index (κ3) is 2.39. The maximum atomic E-state index is 12.8. The molecule has 0 atom stereocenters. The molecule has 2 aromatic heterocycles. The summed E-state index contributed by atoms with van der Waals surface area (Å²) in [4.78, 5) is 4.25. The monoisotopic (exact) mass is 276 g/mol. The molecule has 0 fully saturated rings. The van der Waals surface area contributed by atoms with Gasteiger partial charge in [0.15, 0.2) is 0 Å². The first kappa shape index (κ1) is 12.0. The molecule has 0 N–H and O–H groups in total. The largest absolute Gasteiger partial charge is 0.487 e. The Morgan fingerprint density at radius 1 is 1.16 bits per heavy atom. The quantitative estimate of drug-likeness (QED) is 0.729. The third-order valence-electron chi connectivity index (χ3n) is 2.77. The summed E-state index contributed by atoms with van der Waals surface area (Å²) in [5.74, 6) is 0.303. The van der Waals surface area contributed by atoms with Crippen LogP contribution in [0.5, 0.6) is 5.75 Å². The number of halogens is 2. The number of rotatable bonds is 3. The predicted octanol–water partition coefficient (Wildman–Crippen LogP) is 3.71. The zero-order valence-electron chi connectivity index (χ0n) is 9.88. The van der Waals surface area contributed by atoms with E-state index in [1.54, 1.807) is 16.5 Å². The summed E-state index contributed by atoms with van der Waals surface area (Å²) in [5, 5.41) is 0.397. The fourth-order valence-corrected chi connectivity index (χ4v) is 2.10. The fraction of sp³-hybridized carbons (Fsp3) is 0.0714. The molecule has 0 spiro atoms. The maximum Gasteiger partial charge on any atom is 0.207 e. The average molecular weight is 277 g/mol. The van der Waals surface area contributed by atoms with Crippen molar-refractivity contribution in [3.05, 3.63) is 65.5 Å². The first-order valence-electron chi connectivity index (χ1n) is 5.74. The van der Waals surface area contributed by atoms with E-state index < -0.39 is 0 Å². The van der Waals surface area contributed by atoms with Crippen molar-refractivity contribution in [1.82, 2.24) is 9.38 Å². The summed E-state index contributed by atoms with van der Waals surface area (Å²) < 4.78 is 20.1. The van der Waals surface area contributed by atoms with Gasteiger partial charge < -0.3 is 4.74 Å². The van der Waals surface area contributed by atoms with Crippen molar-refractivity contribution in [2.24, 2.45) is 0 Å². The first-order valence-corrected chi connectivity index (χ1v) is 6.11. The third-order valence-corrected chi connectivity index (χ3v) is 3.04. The second-order valence-corrected chi connectivity index (χ2v) is 4.36.